The van der Waals surface area contributed by atoms with Gasteiger partial charge in [0.25, 0.3) is 0 Å². The minimum Gasteiger partial charge on any atom is -0.497 e. The smallest absolute Gasteiger partial charge is 0.237 e. The summed E-state index contributed by atoms with van der Waals surface area (Å²) in [5.74, 6) is 1.53. The molecule has 0 saturated heterocycles. The van der Waals surface area contributed by atoms with Gasteiger partial charge >= 0.3 is 0 Å². The second kappa shape index (κ2) is 10.5. The lowest BCUT2D eigenvalue weighted by molar-refractivity contribution is -0.116. The van der Waals surface area contributed by atoms with Crippen molar-refractivity contribution in [2.24, 2.45) is 0 Å². The number of hydrogen-bond acceptors (Lipinski definition) is 5. The summed E-state index contributed by atoms with van der Waals surface area (Å²) in [6, 6.07) is 16.3. The molecule has 2 aromatic carbocycles. The fraction of sp³-hybridized carbons (Fsp3) is 0.375. The van der Waals surface area contributed by atoms with Gasteiger partial charge in [-0.15, -0.1) is 10.2 Å². The number of hydrogen-bond donors (Lipinski definition) is 0. The van der Waals surface area contributed by atoms with E-state index in [2.05, 4.69) is 62.2 Å². The van der Waals surface area contributed by atoms with Gasteiger partial charge in [-0.25, -0.2) is 0 Å². The molecule has 0 unspecified atom stereocenters. The van der Waals surface area contributed by atoms with Gasteiger partial charge in [0.15, 0.2) is 5.16 Å². The molecule has 31 heavy (non-hydrogen) atoms. The second-order valence-corrected chi connectivity index (χ2v) is 8.92. The molecule has 3 aromatic rings. The van der Waals surface area contributed by atoms with Crippen molar-refractivity contribution in [1.82, 2.24) is 14.8 Å². The summed E-state index contributed by atoms with van der Waals surface area (Å²) in [5, 5.41) is 8.90. The van der Waals surface area contributed by atoms with Crippen molar-refractivity contribution < 1.29 is 9.53 Å². The molecule has 0 atom stereocenters. The number of benzene rings is 2. The zero-order valence-electron chi connectivity index (χ0n) is 18.8. The van der Waals surface area contributed by atoms with E-state index in [0.29, 0.717) is 12.5 Å². The van der Waals surface area contributed by atoms with Gasteiger partial charge < -0.3 is 14.2 Å². The third-order valence-electron chi connectivity index (χ3n) is 5.09. The van der Waals surface area contributed by atoms with Crippen molar-refractivity contribution in [3.63, 3.8) is 0 Å². The van der Waals surface area contributed by atoms with Crippen LogP contribution < -0.4 is 9.64 Å². The van der Waals surface area contributed by atoms with Crippen LogP contribution in [0.15, 0.2) is 60.0 Å². The summed E-state index contributed by atoms with van der Waals surface area (Å²) in [6.07, 6.45) is 1.70. The van der Waals surface area contributed by atoms with Crippen LogP contribution in [0.4, 0.5) is 5.69 Å². The molecule has 0 spiro atoms. The first-order chi connectivity index (χ1) is 14.9. The number of thioether (sulfide) groups is 1. The number of anilines is 1. The third-order valence-corrected chi connectivity index (χ3v) is 6.04. The number of carbonyl (C=O) groups is 1. The zero-order valence-corrected chi connectivity index (χ0v) is 19.6. The molecule has 0 aliphatic heterocycles. The predicted molar refractivity (Wildman–Crippen MR) is 126 cm³/mol. The number of ether oxygens (including phenoxy) is 1. The first kappa shape index (κ1) is 22.9. The average molecular weight is 439 g/mol. The molecule has 1 aromatic heterocycles. The first-order valence-electron chi connectivity index (χ1n) is 10.4. The molecule has 0 saturated carbocycles. The van der Waals surface area contributed by atoms with Crippen LogP contribution >= 0.6 is 11.8 Å². The fourth-order valence-electron chi connectivity index (χ4n) is 3.17. The largest absolute Gasteiger partial charge is 0.497 e. The second-order valence-electron chi connectivity index (χ2n) is 7.98. The van der Waals surface area contributed by atoms with Crippen LogP contribution in [0.25, 0.3) is 0 Å². The maximum absolute atomic E-state index is 13.3. The van der Waals surface area contributed by atoms with E-state index in [1.165, 1.54) is 17.3 Å². The zero-order chi connectivity index (χ0) is 22.4. The van der Waals surface area contributed by atoms with Crippen molar-refractivity contribution in [2.75, 3.05) is 17.8 Å². The molecule has 0 fully saturated rings. The number of methoxy groups -OCH3 is 1. The van der Waals surface area contributed by atoms with Gasteiger partial charge in [0.2, 0.25) is 5.91 Å². The molecule has 0 aliphatic rings. The number of nitrogens with zero attached hydrogens (tertiary/aromatic N) is 4. The maximum atomic E-state index is 13.3. The Morgan fingerprint density at radius 2 is 1.74 bits per heavy atom. The predicted octanol–water partition coefficient (Wildman–Crippen LogP) is 5.32. The Morgan fingerprint density at radius 1 is 1.06 bits per heavy atom. The van der Waals surface area contributed by atoms with E-state index < -0.39 is 0 Å². The van der Waals surface area contributed by atoms with E-state index in [1.54, 1.807) is 13.4 Å². The molecular weight excluding hydrogens is 408 g/mol. The van der Waals surface area contributed by atoms with E-state index in [1.807, 2.05) is 33.7 Å². The van der Waals surface area contributed by atoms with Crippen LogP contribution in [-0.4, -0.2) is 33.5 Å². The highest BCUT2D eigenvalue weighted by molar-refractivity contribution is 7.99. The molecule has 0 aliphatic carbocycles. The van der Waals surface area contributed by atoms with E-state index in [-0.39, 0.29) is 17.7 Å². The summed E-state index contributed by atoms with van der Waals surface area (Å²) in [4.78, 5) is 15.1. The molecule has 3 rings (SSSR count). The number of carbonyl (C=O) groups excluding carboxylic acids is 1. The van der Waals surface area contributed by atoms with Gasteiger partial charge in [-0.05, 0) is 55.2 Å². The van der Waals surface area contributed by atoms with E-state index >= 15 is 0 Å². The minimum absolute atomic E-state index is 0.0152. The third kappa shape index (κ3) is 5.88. The van der Waals surface area contributed by atoms with E-state index in [4.69, 9.17) is 4.74 Å². The van der Waals surface area contributed by atoms with Crippen LogP contribution in [0, 0.1) is 0 Å². The van der Waals surface area contributed by atoms with Crippen LogP contribution in [0.5, 0.6) is 5.75 Å². The Labute approximate surface area is 188 Å². The summed E-state index contributed by atoms with van der Waals surface area (Å²) in [5.41, 5.74) is 3.21. The van der Waals surface area contributed by atoms with Gasteiger partial charge in [-0.1, -0.05) is 49.9 Å². The topological polar surface area (TPSA) is 60.2 Å². The summed E-state index contributed by atoms with van der Waals surface area (Å²) in [6.45, 7) is 8.99. The molecule has 7 heteroatoms. The highest BCUT2D eigenvalue weighted by Crippen LogP contribution is 2.25. The monoisotopic (exact) mass is 438 g/mol. The lowest BCUT2D eigenvalue weighted by atomic mass is 10.0. The Balaban J connectivity index is 1.80. The quantitative estimate of drug-likeness (QED) is 0.423. The van der Waals surface area contributed by atoms with Gasteiger partial charge in [0.1, 0.15) is 12.1 Å². The van der Waals surface area contributed by atoms with Crippen LogP contribution in [0.1, 0.15) is 50.8 Å². The van der Waals surface area contributed by atoms with Gasteiger partial charge in [0.05, 0.1) is 19.4 Å². The van der Waals surface area contributed by atoms with Gasteiger partial charge in [0, 0.05) is 11.7 Å². The molecule has 6 nitrogen and oxygen atoms in total. The summed E-state index contributed by atoms with van der Waals surface area (Å²) in [7, 11) is 1.63. The normalized spacial score (nSPS) is 11.2. The van der Waals surface area contributed by atoms with E-state index in [9.17, 15) is 4.79 Å². The lowest BCUT2D eigenvalue weighted by Crippen LogP contribution is -2.32. The lowest BCUT2D eigenvalue weighted by Gasteiger charge is -2.23. The SMILES string of the molecule is COc1ccc(N(Cc2ccc(C(C)C)cc2)C(=O)CSc2nncn2C(C)C)cc1. The molecule has 1 amide bonds. The van der Waals surface area contributed by atoms with Crippen LogP contribution in [-0.2, 0) is 11.3 Å². The van der Waals surface area contributed by atoms with Crippen molar-refractivity contribution >= 4 is 23.4 Å². The average Bonchev–Trinajstić information content (AvgIpc) is 3.25. The van der Waals surface area contributed by atoms with Crippen molar-refractivity contribution in [1.29, 1.82) is 0 Å². The Morgan fingerprint density at radius 3 is 2.32 bits per heavy atom. The summed E-state index contributed by atoms with van der Waals surface area (Å²) >= 11 is 1.41. The van der Waals surface area contributed by atoms with Crippen molar-refractivity contribution in [3.8, 4) is 5.75 Å². The standard InChI is InChI=1S/C24H30N4O2S/c1-17(2)20-8-6-19(7-9-20)14-27(21-10-12-22(30-5)13-11-21)23(29)15-31-24-26-25-16-28(24)18(3)4/h6-13,16-18H,14-15H2,1-5H3. The molecule has 164 valence electrons. The van der Waals surface area contributed by atoms with Crippen LogP contribution in [0.3, 0.4) is 0 Å². The maximum Gasteiger partial charge on any atom is 0.237 e. The number of amides is 1. The molecule has 0 N–H and O–H groups in total. The molecule has 1 heterocycles. The molecular formula is C24H30N4O2S. The van der Waals surface area contributed by atoms with E-state index in [0.717, 1.165) is 22.2 Å². The minimum atomic E-state index is 0.0152. The highest BCUT2D eigenvalue weighted by Gasteiger charge is 2.19. The fourth-order valence-corrected chi connectivity index (χ4v) is 4.09. The highest BCUT2D eigenvalue weighted by atomic mass is 32.2. The Bertz CT molecular complexity index is 982. The summed E-state index contributed by atoms with van der Waals surface area (Å²) < 4.78 is 7.24. The number of aromatic nitrogens is 3. The molecule has 0 radical (unpaired) electrons. The van der Waals surface area contributed by atoms with Gasteiger partial charge in [-0.3, -0.25) is 4.79 Å². The molecule has 0 bridgehead atoms. The van der Waals surface area contributed by atoms with Crippen molar-refractivity contribution in [3.05, 3.63) is 66.0 Å². The Hall–Kier alpha value is -2.80. The van der Waals surface area contributed by atoms with Crippen LogP contribution in [0.2, 0.25) is 0 Å². The Kier molecular flexibility index (Phi) is 7.74. The van der Waals surface area contributed by atoms with Crippen molar-refractivity contribution in [2.45, 2.75) is 51.4 Å². The van der Waals surface area contributed by atoms with Gasteiger partial charge in [-0.2, -0.15) is 0 Å². The first-order valence-corrected chi connectivity index (χ1v) is 11.4. The number of rotatable bonds is 9.